The van der Waals surface area contributed by atoms with Gasteiger partial charge in [-0.05, 0) is 29.8 Å². The molecule has 0 radical (unpaired) electrons. The third-order valence-electron chi connectivity index (χ3n) is 2.50. The van der Waals surface area contributed by atoms with E-state index in [2.05, 4.69) is 5.32 Å². The summed E-state index contributed by atoms with van der Waals surface area (Å²) in [4.78, 5) is 22.2. The van der Waals surface area contributed by atoms with E-state index in [0.717, 1.165) is 0 Å². The van der Waals surface area contributed by atoms with Gasteiger partial charge in [0, 0.05) is 11.8 Å². The summed E-state index contributed by atoms with van der Waals surface area (Å²) in [7, 11) is 1.33. The highest BCUT2D eigenvalue weighted by Gasteiger charge is 2.18. The summed E-state index contributed by atoms with van der Waals surface area (Å²) in [6.45, 7) is 0. The van der Waals surface area contributed by atoms with Crippen LogP contribution in [-0.4, -0.2) is 17.9 Å². The van der Waals surface area contributed by atoms with Crippen molar-refractivity contribution < 1.29 is 18.9 Å². The van der Waals surface area contributed by atoms with Crippen LogP contribution < -0.4 is 10.1 Å². The summed E-state index contributed by atoms with van der Waals surface area (Å²) < 4.78 is 9.67. The Hall–Kier alpha value is -2.54. The second-order valence-electron chi connectivity index (χ2n) is 3.71. The van der Waals surface area contributed by atoms with Crippen molar-refractivity contribution in [1.29, 1.82) is 0 Å². The second kappa shape index (κ2) is 5.62. The number of nitro benzene ring substituents is 1. The fraction of sp³-hybridized carbons (Fsp3) is 0.0833. The van der Waals surface area contributed by atoms with Crippen LogP contribution in [0.5, 0.6) is 5.75 Å². The molecule has 8 heteroatoms. The van der Waals surface area contributed by atoms with Crippen molar-refractivity contribution in [1.82, 2.24) is 0 Å². The first kappa shape index (κ1) is 13.9. The van der Waals surface area contributed by atoms with Crippen molar-refractivity contribution in [3.8, 4) is 5.75 Å². The summed E-state index contributed by atoms with van der Waals surface area (Å²) in [6.07, 6.45) is 1.27. The maximum Gasteiger partial charge on any atom is 0.312 e. The molecule has 7 nitrogen and oxygen atoms in total. The number of anilines is 1. The number of amides is 1. The van der Waals surface area contributed by atoms with E-state index >= 15 is 0 Å². The molecule has 0 bridgehead atoms. The number of halogens is 1. The quantitative estimate of drug-likeness (QED) is 0.691. The van der Waals surface area contributed by atoms with Crippen LogP contribution in [0.25, 0.3) is 0 Å². The average Bonchev–Trinajstić information content (AvgIpc) is 2.85. The Balaban J connectivity index is 2.26. The number of carbonyl (C=O) groups is 1. The molecule has 1 aromatic carbocycles. The van der Waals surface area contributed by atoms with E-state index in [9.17, 15) is 14.9 Å². The number of carbonyl (C=O) groups excluding carboxylic acids is 1. The number of methoxy groups -OCH3 is 1. The minimum absolute atomic E-state index is 0.0505. The number of benzene rings is 1. The van der Waals surface area contributed by atoms with Crippen molar-refractivity contribution in [3.63, 3.8) is 0 Å². The molecule has 0 saturated heterocycles. The Morgan fingerprint density at radius 1 is 1.45 bits per heavy atom. The Kier molecular flexibility index (Phi) is 3.90. The minimum atomic E-state index is -0.598. The fourth-order valence-electron chi connectivity index (χ4n) is 1.56. The van der Waals surface area contributed by atoms with E-state index in [1.807, 2.05) is 0 Å². The molecule has 0 atom stereocenters. The van der Waals surface area contributed by atoms with Gasteiger partial charge in [0.2, 0.25) is 5.22 Å². The summed E-state index contributed by atoms with van der Waals surface area (Å²) in [5.41, 5.74) is 0.147. The van der Waals surface area contributed by atoms with Gasteiger partial charge in [0.1, 0.15) is 0 Å². The highest BCUT2D eigenvalue weighted by atomic mass is 35.5. The van der Waals surface area contributed by atoms with Crippen LogP contribution >= 0.6 is 11.6 Å². The Labute approximate surface area is 118 Å². The first-order chi connectivity index (χ1) is 9.52. The lowest BCUT2D eigenvalue weighted by molar-refractivity contribution is -0.385. The summed E-state index contributed by atoms with van der Waals surface area (Å²) in [5.74, 6) is -0.419. The molecule has 1 aromatic heterocycles. The molecule has 0 saturated carbocycles. The number of nitrogens with zero attached hydrogens (tertiary/aromatic N) is 1. The first-order valence-electron chi connectivity index (χ1n) is 5.39. The highest BCUT2D eigenvalue weighted by Crippen LogP contribution is 2.30. The molecule has 0 spiro atoms. The average molecular weight is 297 g/mol. The molecule has 1 amide bonds. The summed E-state index contributed by atoms with van der Waals surface area (Å²) in [6, 6.07) is 5.47. The predicted octanol–water partition coefficient (Wildman–Crippen LogP) is 3.10. The Morgan fingerprint density at radius 3 is 2.75 bits per heavy atom. The lowest BCUT2D eigenvalue weighted by Gasteiger charge is -2.06. The molecule has 20 heavy (non-hydrogen) atoms. The van der Waals surface area contributed by atoms with Crippen molar-refractivity contribution in [2.24, 2.45) is 0 Å². The zero-order valence-electron chi connectivity index (χ0n) is 10.3. The van der Waals surface area contributed by atoms with Crippen LogP contribution in [-0.2, 0) is 0 Å². The number of ether oxygens (including phenoxy) is 1. The first-order valence-corrected chi connectivity index (χ1v) is 5.77. The summed E-state index contributed by atoms with van der Waals surface area (Å²) in [5, 5.41) is 13.3. The van der Waals surface area contributed by atoms with Crippen molar-refractivity contribution in [2.45, 2.75) is 0 Å². The van der Waals surface area contributed by atoms with Crippen LogP contribution in [0.4, 0.5) is 11.4 Å². The van der Waals surface area contributed by atoms with E-state index in [1.165, 1.54) is 37.6 Å². The molecule has 0 aliphatic carbocycles. The van der Waals surface area contributed by atoms with Gasteiger partial charge in [-0.2, -0.15) is 0 Å². The van der Waals surface area contributed by atoms with Crippen LogP contribution in [0.3, 0.4) is 0 Å². The number of nitro groups is 1. The molecule has 104 valence electrons. The highest BCUT2D eigenvalue weighted by molar-refractivity contribution is 6.32. The number of nitrogens with one attached hydrogen (secondary N) is 1. The topological polar surface area (TPSA) is 94.6 Å². The van der Waals surface area contributed by atoms with Gasteiger partial charge in [-0.25, -0.2) is 0 Å². The molecule has 0 unspecified atom stereocenters. The van der Waals surface area contributed by atoms with E-state index in [1.54, 1.807) is 0 Å². The minimum Gasteiger partial charge on any atom is -0.490 e. The van der Waals surface area contributed by atoms with Crippen LogP contribution in [0.15, 0.2) is 34.9 Å². The molecule has 1 N–H and O–H groups in total. The Bertz CT molecular complexity index is 668. The van der Waals surface area contributed by atoms with Gasteiger partial charge in [0.05, 0.1) is 23.9 Å². The van der Waals surface area contributed by atoms with Crippen LogP contribution in [0.2, 0.25) is 5.22 Å². The Morgan fingerprint density at radius 2 is 2.20 bits per heavy atom. The maximum atomic E-state index is 11.9. The predicted molar refractivity (Wildman–Crippen MR) is 71.3 cm³/mol. The van der Waals surface area contributed by atoms with E-state index in [-0.39, 0.29) is 27.9 Å². The van der Waals surface area contributed by atoms with Crippen molar-refractivity contribution >= 4 is 28.9 Å². The maximum absolute atomic E-state index is 11.9. The van der Waals surface area contributed by atoms with Crippen LogP contribution in [0, 0.1) is 10.1 Å². The number of hydrogen-bond donors (Lipinski definition) is 1. The molecule has 2 aromatic rings. The lowest BCUT2D eigenvalue weighted by Crippen LogP contribution is -2.11. The zero-order chi connectivity index (χ0) is 14.7. The monoisotopic (exact) mass is 296 g/mol. The van der Waals surface area contributed by atoms with E-state index < -0.39 is 10.8 Å². The SMILES string of the molecule is COc1ccc(NC(=O)c2ccoc2Cl)cc1[N+](=O)[O-]. The van der Waals surface area contributed by atoms with E-state index in [4.69, 9.17) is 20.8 Å². The van der Waals surface area contributed by atoms with Crippen molar-refractivity contribution in [2.75, 3.05) is 12.4 Å². The van der Waals surface area contributed by atoms with Gasteiger partial charge in [-0.1, -0.05) is 0 Å². The zero-order valence-corrected chi connectivity index (χ0v) is 11.0. The third kappa shape index (κ3) is 2.72. The van der Waals surface area contributed by atoms with Gasteiger partial charge in [-0.15, -0.1) is 0 Å². The molecular formula is C12H9ClN2O5. The normalized spacial score (nSPS) is 10.1. The number of rotatable bonds is 4. The van der Waals surface area contributed by atoms with Gasteiger partial charge in [-0.3, -0.25) is 14.9 Å². The van der Waals surface area contributed by atoms with Gasteiger partial charge in [0.25, 0.3) is 5.91 Å². The van der Waals surface area contributed by atoms with Gasteiger partial charge in [0.15, 0.2) is 5.75 Å². The molecule has 0 aliphatic heterocycles. The van der Waals surface area contributed by atoms with Crippen molar-refractivity contribution in [3.05, 3.63) is 51.4 Å². The number of hydrogen-bond acceptors (Lipinski definition) is 5. The fourth-order valence-corrected chi connectivity index (χ4v) is 1.76. The second-order valence-corrected chi connectivity index (χ2v) is 4.05. The van der Waals surface area contributed by atoms with Gasteiger partial charge >= 0.3 is 5.69 Å². The smallest absolute Gasteiger partial charge is 0.312 e. The molecule has 0 fully saturated rings. The molecular weight excluding hydrogens is 288 g/mol. The largest absolute Gasteiger partial charge is 0.490 e. The van der Waals surface area contributed by atoms with Gasteiger partial charge < -0.3 is 14.5 Å². The van der Waals surface area contributed by atoms with Crippen LogP contribution in [0.1, 0.15) is 10.4 Å². The molecule has 1 heterocycles. The lowest BCUT2D eigenvalue weighted by atomic mass is 10.2. The molecule has 0 aliphatic rings. The standard InChI is InChI=1S/C12H9ClN2O5/c1-19-10-3-2-7(6-9(10)15(17)18)14-12(16)8-4-5-20-11(8)13/h2-6H,1H3,(H,14,16). The molecule has 2 rings (SSSR count). The number of furan rings is 1. The third-order valence-corrected chi connectivity index (χ3v) is 2.79. The summed E-state index contributed by atoms with van der Waals surface area (Å²) >= 11 is 5.67. The van der Waals surface area contributed by atoms with E-state index in [0.29, 0.717) is 0 Å².